The Morgan fingerprint density at radius 1 is 1.67 bits per heavy atom. The standard InChI is InChI=1S/C11H13NO3/c1-7(13)15-11-8(6-12)5-10(11,2)4-3-9(11)14/h8H,3-5H2,1-2H3/t8-,10+,11-/m0/s1. The molecule has 15 heavy (non-hydrogen) atoms. The average molecular weight is 207 g/mol. The molecule has 0 saturated heterocycles. The summed E-state index contributed by atoms with van der Waals surface area (Å²) in [6.07, 6.45) is 1.79. The zero-order chi connectivity index (χ0) is 11.3. The summed E-state index contributed by atoms with van der Waals surface area (Å²) >= 11 is 0. The van der Waals surface area contributed by atoms with Gasteiger partial charge in [-0.05, 0) is 12.8 Å². The molecule has 0 aliphatic heterocycles. The Balaban J connectivity index is 2.40. The first-order chi connectivity index (χ1) is 6.96. The fourth-order valence-electron chi connectivity index (χ4n) is 3.04. The minimum absolute atomic E-state index is 0.0852. The highest BCUT2D eigenvalue weighted by Crippen LogP contribution is 2.63. The van der Waals surface area contributed by atoms with Gasteiger partial charge >= 0.3 is 5.97 Å². The lowest BCUT2D eigenvalue weighted by atomic mass is 9.53. The first kappa shape index (κ1) is 10.2. The highest BCUT2D eigenvalue weighted by molar-refractivity contribution is 5.95. The molecule has 3 atom stereocenters. The van der Waals surface area contributed by atoms with Gasteiger partial charge in [0.1, 0.15) is 0 Å². The van der Waals surface area contributed by atoms with Crippen molar-refractivity contribution in [2.24, 2.45) is 11.3 Å². The van der Waals surface area contributed by atoms with Crippen LogP contribution < -0.4 is 0 Å². The molecule has 2 aliphatic rings. The summed E-state index contributed by atoms with van der Waals surface area (Å²) in [7, 11) is 0. The number of Topliss-reactive ketones (excluding diaryl/α,β-unsaturated/α-hetero) is 1. The molecule has 0 aromatic carbocycles. The molecule has 80 valence electrons. The van der Waals surface area contributed by atoms with Gasteiger partial charge in [0.15, 0.2) is 11.4 Å². The molecular weight excluding hydrogens is 194 g/mol. The molecule has 2 aliphatic carbocycles. The fourth-order valence-corrected chi connectivity index (χ4v) is 3.04. The summed E-state index contributed by atoms with van der Waals surface area (Å²) in [5.41, 5.74) is -1.44. The predicted molar refractivity (Wildman–Crippen MR) is 50.6 cm³/mol. The zero-order valence-corrected chi connectivity index (χ0v) is 8.87. The lowest BCUT2D eigenvalue weighted by molar-refractivity contribution is -0.207. The molecule has 0 amide bonds. The Bertz CT molecular complexity index is 384. The summed E-state index contributed by atoms with van der Waals surface area (Å²) in [5.74, 6) is -1.02. The molecule has 0 N–H and O–H groups in total. The molecule has 0 spiro atoms. The maximum atomic E-state index is 11.8. The number of hydrogen-bond acceptors (Lipinski definition) is 4. The van der Waals surface area contributed by atoms with Crippen LogP contribution in [0.3, 0.4) is 0 Å². The van der Waals surface area contributed by atoms with E-state index in [4.69, 9.17) is 10.00 Å². The van der Waals surface area contributed by atoms with Gasteiger partial charge < -0.3 is 4.74 Å². The molecule has 2 rings (SSSR count). The second-order valence-electron chi connectivity index (χ2n) is 4.70. The minimum Gasteiger partial charge on any atom is -0.449 e. The van der Waals surface area contributed by atoms with Crippen LogP contribution in [0.25, 0.3) is 0 Å². The zero-order valence-electron chi connectivity index (χ0n) is 8.87. The average Bonchev–Trinajstić information content (AvgIpc) is 2.33. The Hall–Kier alpha value is -1.37. The van der Waals surface area contributed by atoms with Gasteiger partial charge in [-0.2, -0.15) is 5.26 Å². The van der Waals surface area contributed by atoms with Crippen molar-refractivity contribution in [3.8, 4) is 6.07 Å². The van der Waals surface area contributed by atoms with Crippen molar-refractivity contribution in [1.29, 1.82) is 5.26 Å². The molecule has 0 heterocycles. The van der Waals surface area contributed by atoms with Crippen LogP contribution in [0.5, 0.6) is 0 Å². The molecular formula is C11H13NO3. The van der Waals surface area contributed by atoms with E-state index < -0.39 is 17.5 Å². The summed E-state index contributed by atoms with van der Waals surface area (Å²) in [6.45, 7) is 3.21. The van der Waals surface area contributed by atoms with E-state index in [-0.39, 0.29) is 11.2 Å². The maximum absolute atomic E-state index is 11.8. The van der Waals surface area contributed by atoms with Crippen molar-refractivity contribution >= 4 is 11.8 Å². The molecule has 0 aromatic heterocycles. The molecule has 2 fully saturated rings. The Morgan fingerprint density at radius 3 is 2.80 bits per heavy atom. The number of esters is 1. The first-order valence-electron chi connectivity index (χ1n) is 5.09. The SMILES string of the molecule is CC(=O)O[C@@]12C(=O)CC[C@]1(C)C[C@H]2C#N. The van der Waals surface area contributed by atoms with Gasteiger partial charge in [0.05, 0.1) is 12.0 Å². The van der Waals surface area contributed by atoms with Crippen molar-refractivity contribution in [3.05, 3.63) is 0 Å². The molecule has 4 nitrogen and oxygen atoms in total. The summed E-state index contributed by atoms with van der Waals surface area (Å²) < 4.78 is 5.21. The molecule has 0 unspecified atom stereocenters. The predicted octanol–water partition coefficient (Wildman–Crippen LogP) is 1.20. The van der Waals surface area contributed by atoms with Gasteiger partial charge in [0.2, 0.25) is 0 Å². The van der Waals surface area contributed by atoms with Crippen molar-refractivity contribution in [3.63, 3.8) is 0 Å². The van der Waals surface area contributed by atoms with E-state index in [0.29, 0.717) is 12.8 Å². The van der Waals surface area contributed by atoms with Gasteiger partial charge in [0.25, 0.3) is 0 Å². The normalized spacial score (nSPS) is 42.7. The number of carbonyl (C=O) groups excluding carboxylic acids is 2. The van der Waals surface area contributed by atoms with E-state index in [0.717, 1.165) is 6.42 Å². The quantitative estimate of drug-likeness (QED) is 0.606. The summed E-state index contributed by atoms with van der Waals surface area (Å²) in [4.78, 5) is 22.9. The van der Waals surface area contributed by atoms with E-state index in [1.54, 1.807) is 0 Å². The summed E-state index contributed by atoms with van der Waals surface area (Å²) in [6, 6.07) is 2.08. The van der Waals surface area contributed by atoms with Crippen LogP contribution in [0.2, 0.25) is 0 Å². The third-order valence-electron chi connectivity index (χ3n) is 3.82. The summed E-state index contributed by atoms with van der Waals surface area (Å²) in [5, 5.41) is 8.95. The number of rotatable bonds is 1. The topological polar surface area (TPSA) is 67.2 Å². The smallest absolute Gasteiger partial charge is 0.303 e. The van der Waals surface area contributed by atoms with Crippen LogP contribution in [-0.2, 0) is 14.3 Å². The minimum atomic E-state index is -1.13. The van der Waals surface area contributed by atoms with Crippen molar-refractivity contribution < 1.29 is 14.3 Å². The van der Waals surface area contributed by atoms with Crippen molar-refractivity contribution in [1.82, 2.24) is 0 Å². The van der Waals surface area contributed by atoms with E-state index in [2.05, 4.69) is 6.07 Å². The van der Waals surface area contributed by atoms with Crippen LogP contribution in [0.15, 0.2) is 0 Å². The number of hydrogen-bond donors (Lipinski definition) is 0. The fraction of sp³-hybridized carbons (Fsp3) is 0.727. The molecule has 2 saturated carbocycles. The number of ketones is 1. The molecule has 0 aromatic rings. The van der Waals surface area contributed by atoms with E-state index in [1.807, 2.05) is 6.92 Å². The van der Waals surface area contributed by atoms with Crippen molar-refractivity contribution in [2.75, 3.05) is 0 Å². The maximum Gasteiger partial charge on any atom is 0.303 e. The highest BCUT2D eigenvalue weighted by atomic mass is 16.6. The van der Waals surface area contributed by atoms with Gasteiger partial charge in [-0.1, -0.05) is 6.92 Å². The van der Waals surface area contributed by atoms with E-state index in [9.17, 15) is 9.59 Å². The van der Waals surface area contributed by atoms with Crippen molar-refractivity contribution in [2.45, 2.75) is 38.7 Å². The number of nitriles is 1. The van der Waals surface area contributed by atoms with Crippen LogP contribution in [0.4, 0.5) is 0 Å². The number of fused-ring (bicyclic) bond motifs is 1. The van der Waals surface area contributed by atoms with Gasteiger partial charge in [-0.3, -0.25) is 9.59 Å². The Labute approximate surface area is 88.2 Å². The van der Waals surface area contributed by atoms with Crippen LogP contribution in [-0.4, -0.2) is 17.4 Å². The Morgan fingerprint density at radius 2 is 2.33 bits per heavy atom. The second-order valence-corrected chi connectivity index (χ2v) is 4.70. The number of carbonyl (C=O) groups is 2. The molecule has 4 heteroatoms. The highest BCUT2D eigenvalue weighted by Gasteiger charge is 2.73. The second kappa shape index (κ2) is 2.82. The largest absolute Gasteiger partial charge is 0.449 e. The third-order valence-corrected chi connectivity index (χ3v) is 3.82. The van der Waals surface area contributed by atoms with Gasteiger partial charge in [-0.15, -0.1) is 0 Å². The lowest BCUT2D eigenvalue weighted by Crippen LogP contribution is -2.64. The number of ether oxygens (including phenoxy) is 1. The van der Waals surface area contributed by atoms with Gasteiger partial charge in [0, 0.05) is 18.8 Å². The number of nitrogens with zero attached hydrogens (tertiary/aromatic N) is 1. The molecule has 0 radical (unpaired) electrons. The third kappa shape index (κ3) is 1.01. The van der Waals surface area contributed by atoms with Crippen LogP contribution in [0, 0.1) is 22.7 Å². The molecule has 0 bridgehead atoms. The van der Waals surface area contributed by atoms with E-state index >= 15 is 0 Å². The monoisotopic (exact) mass is 207 g/mol. The Kier molecular flexibility index (Phi) is 1.91. The van der Waals surface area contributed by atoms with Crippen LogP contribution in [0.1, 0.15) is 33.1 Å². The first-order valence-corrected chi connectivity index (χ1v) is 5.09. The van der Waals surface area contributed by atoms with Crippen LogP contribution >= 0.6 is 0 Å². The lowest BCUT2D eigenvalue weighted by Gasteiger charge is -2.54. The van der Waals surface area contributed by atoms with Gasteiger partial charge in [-0.25, -0.2) is 0 Å². The van der Waals surface area contributed by atoms with E-state index in [1.165, 1.54) is 6.92 Å².